The van der Waals surface area contributed by atoms with Gasteiger partial charge in [-0.05, 0) is 26.9 Å². The van der Waals surface area contributed by atoms with E-state index in [0.717, 1.165) is 31.0 Å². The monoisotopic (exact) mass is 314 g/mol. The molecule has 0 aliphatic heterocycles. The first kappa shape index (κ1) is 18.0. The van der Waals surface area contributed by atoms with E-state index in [2.05, 4.69) is 29.2 Å². The van der Waals surface area contributed by atoms with E-state index in [1.807, 2.05) is 25.5 Å². The molecule has 5 nitrogen and oxygen atoms in total. The van der Waals surface area contributed by atoms with Crippen molar-refractivity contribution in [1.82, 2.24) is 20.0 Å². The summed E-state index contributed by atoms with van der Waals surface area (Å²) < 4.78 is 1.81. The van der Waals surface area contributed by atoms with Crippen LogP contribution < -0.4 is 5.32 Å². The van der Waals surface area contributed by atoms with Crippen molar-refractivity contribution in [3.63, 3.8) is 0 Å². The Bertz CT molecular complexity index is 468. The number of nitrogens with zero attached hydrogens (tertiary/aromatic N) is 3. The number of amides is 1. The molecule has 0 spiro atoms. The molecule has 21 heavy (non-hydrogen) atoms. The number of carbonyl (C=O) groups is 1. The number of hydrogen-bond donors (Lipinski definition) is 1. The summed E-state index contributed by atoms with van der Waals surface area (Å²) in [6, 6.07) is 0. The Balaban J connectivity index is 2.46. The molecule has 1 atom stereocenters. The minimum absolute atomic E-state index is 0.0610. The molecular weight excluding hydrogens is 288 g/mol. The van der Waals surface area contributed by atoms with Gasteiger partial charge in [0.2, 0.25) is 5.91 Å². The minimum Gasteiger partial charge on any atom is -0.355 e. The number of nitrogens with one attached hydrogen (secondary N) is 1. The first-order valence-electron chi connectivity index (χ1n) is 7.60. The second-order valence-electron chi connectivity index (χ2n) is 5.39. The van der Waals surface area contributed by atoms with Crippen molar-refractivity contribution in [2.45, 2.75) is 41.2 Å². The van der Waals surface area contributed by atoms with Crippen LogP contribution in [-0.2, 0) is 11.3 Å². The molecule has 6 heteroatoms. The summed E-state index contributed by atoms with van der Waals surface area (Å²) in [4.78, 5) is 14.4. The Morgan fingerprint density at radius 3 is 2.48 bits per heavy atom. The molecule has 1 unspecified atom stereocenters. The zero-order chi connectivity index (χ0) is 16.0. The number of likely N-dealkylation sites (N-methyl/N-ethyl adjacent to an activating group) is 1. The van der Waals surface area contributed by atoms with Crippen molar-refractivity contribution in [3.05, 3.63) is 16.4 Å². The summed E-state index contributed by atoms with van der Waals surface area (Å²) in [7, 11) is 0. The first-order valence-corrected chi connectivity index (χ1v) is 7.98. The normalized spacial score (nSPS) is 12.7. The van der Waals surface area contributed by atoms with Crippen molar-refractivity contribution in [3.8, 4) is 0 Å². The zero-order valence-corrected chi connectivity index (χ0v) is 14.5. The molecule has 1 rings (SSSR count). The average molecular weight is 315 g/mol. The van der Waals surface area contributed by atoms with Gasteiger partial charge < -0.3 is 10.2 Å². The van der Waals surface area contributed by atoms with Gasteiger partial charge >= 0.3 is 0 Å². The maximum atomic E-state index is 12.1. The lowest BCUT2D eigenvalue weighted by molar-refractivity contribution is -0.125. The second-order valence-corrected chi connectivity index (χ2v) is 5.76. The molecule has 0 aliphatic carbocycles. The van der Waals surface area contributed by atoms with Crippen molar-refractivity contribution in [2.75, 3.05) is 26.2 Å². The molecule has 0 bridgehead atoms. The Morgan fingerprint density at radius 2 is 2.00 bits per heavy atom. The van der Waals surface area contributed by atoms with Crippen LogP contribution in [-0.4, -0.2) is 46.8 Å². The molecule has 1 N–H and O–H groups in total. The molecule has 0 radical (unpaired) electrons. The highest BCUT2D eigenvalue weighted by Gasteiger charge is 2.17. The van der Waals surface area contributed by atoms with Gasteiger partial charge in [0.25, 0.3) is 0 Å². The van der Waals surface area contributed by atoms with E-state index >= 15 is 0 Å². The van der Waals surface area contributed by atoms with E-state index in [0.29, 0.717) is 18.1 Å². The van der Waals surface area contributed by atoms with Crippen LogP contribution in [0.3, 0.4) is 0 Å². The fourth-order valence-electron chi connectivity index (χ4n) is 2.25. The summed E-state index contributed by atoms with van der Waals surface area (Å²) in [5.41, 5.74) is 1.72. The van der Waals surface area contributed by atoms with Crippen LogP contribution in [0.2, 0.25) is 5.02 Å². The molecule has 0 saturated heterocycles. The molecule has 0 aliphatic rings. The lowest BCUT2D eigenvalue weighted by atomic mass is 10.1. The van der Waals surface area contributed by atoms with Crippen molar-refractivity contribution >= 4 is 17.5 Å². The van der Waals surface area contributed by atoms with E-state index in [1.54, 1.807) is 0 Å². The summed E-state index contributed by atoms with van der Waals surface area (Å²) in [5.74, 6) is -0.0680. The summed E-state index contributed by atoms with van der Waals surface area (Å²) in [5, 5.41) is 8.04. The van der Waals surface area contributed by atoms with Crippen LogP contribution in [0.25, 0.3) is 0 Å². The maximum Gasteiger partial charge on any atom is 0.224 e. The van der Waals surface area contributed by atoms with Crippen molar-refractivity contribution < 1.29 is 4.79 Å². The zero-order valence-electron chi connectivity index (χ0n) is 13.7. The Kier molecular flexibility index (Phi) is 7.18. The van der Waals surface area contributed by atoms with Crippen LogP contribution in [0.4, 0.5) is 0 Å². The fourth-order valence-corrected chi connectivity index (χ4v) is 2.38. The van der Waals surface area contributed by atoms with Crippen LogP contribution in [0.5, 0.6) is 0 Å². The third-order valence-corrected chi connectivity index (χ3v) is 4.36. The van der Waals surface area contributed by atoms with E-state index in [-0.39, 0.29) is 11.8 Å². The van der Waals surface area contributed by atoms with Gasteiger partial charge in [-0.15, -0.1) is 0 Å². The second kappa shape index (κ2) is 8.39. The molecule has 120 valence electrons. The smallest absolute Gasteiger partial charge is 0.224 e. The van der Waals surface area contributed by atoms with Crippen LogP contribution in [0.1, 0.15) is 32.2 Å². The highest BCUT2D eigenvalue weighted by molar-refractivity contribution is 6.31. The highest BCUT2D eigenvalue weighted by atomic mass is 35.5. The van der Waals surface area contributed by atoms with Crippen molar-refractivity contribution in [2.24, 2.45) is 5.92 Å². The van der Waals surface area contributed by atoms with E-state index in [4.69, 9.17) is 11.6 Å². The van der Waals surface area contributed by atoms with Gasteiger partial charge in [-0.25, -0.2) is 0 Å². The van der Waals surface area contributed by atoms with Crippen LogP contribution in [0.15, 0.2) is 0 Å². The molecule has 0 saturated carbocycles. The van der Waals surface area contributed by atoms with Gasteiger partial charge in [0.15, 0.2) is 0 Å². The third kappa shape index (κ3) is 5.00. The molecule has 1 heterocycles. The molecule has 1 aromatic rings. The van der Waals surface area contributed by atoms with Gasteiger partial charge in [0, 0.05) is 13.1 Å². The van der Waals surface area contributed by atoms with Gasteiger partial charge in [-0.2, -0.15) is 5.10 Å². The largest absolute Gasteiger partial charge is 0.355 e. The fraction of sp³-hybridized carbons (Fsp3) is 0.733. The number of rotatable bonds is 8. The SMILES string of the molecule is CCN(CC)CCNC(=O)C(C)Cn1nc(C)c(Cl)c1C. The lowest BCUT2D eigenvalue weighted by Gasteiger charge is -2.19. The van der Waals surface area contributed by atoms with Crippen molar-refractivity contribution in [1.29, 1.82) is 0 Å². The first-order chi connectivity index (χ1) is 9.90. The number of aromatic nitrogens is 2. The molecule has 0 fully saturated rings. The topological polar surface area (TPSA) is 50.2 Å². The predicted octanol–water partition coefficient (Wildman–Crippen LogP) is 2.25. The molecule has 0 aromatic carbocycles. The van der Waals surface area contributed by atoms with Crippen LogP contribution >= 0.6 is 11.6 Å². The Morgan fingerprint density at radius 1 is 1.38 bits per heavy atom. The van der Waals surface area contributed by atoms with E-state index < -0.39 is 0 Å². The third-order valence-electron chi connectivity index (χ3n) is 3.81. The molecule has 1 aromatic heterocycles. The Hall–Kier alpha value is -1.07. The van der Waals surface area contributed by atoms with Gasteiger partial charge in [0.05, 0.1) is 28.9 Å². The van der Waals surface area contributed by atoms with Gasteiger partial charge in [-0.3, -0.25) is 9.48 Å². The number of hydrogen-bond acceptors (Lipinski definition) is 3. The standard InChI is InChI=1S/C15H27ClN4O/c1-6-19(7-2)9-8-17-15(21)11(3)10-20-13(5)14(16)12(4)18-20/h11H,6-10H2,1-5H3,(H,17,21). The molecule has 1 amide bonds. The molecular formula is C15H27ClN4O. The van der Waals surface area contributed by atoms with Crippen LogP contribution in [0, 0.1) is 19.8 Å². The van der Waals surface area contributed by atoms with Gasteiger partial charge in [0.1, 0.15) is 0 Å². The Labute approximate surface area is 132 Å². The maximum absolute atomic E-state index is 12.1. The predicted molar refractivity (Wildman–Crippen MR) is 86.7 cm³/mol. The highest BCUT2D eigenvalue weighted by Crippen LogP contribution is 2.19. The minimum atomic E-state index is -0.129. The number of halogens is 1. The number of aryl methyl sites for hydroxylation is 1. The number of carbonyl (C=O) groups excluding carboxylic acids is 1. The average Bonchev–Trinajstić information content (AvgIpc) is 2.70. The van der Waals surface area contributed by atoms with Gasteiger partial charge in [-0.1, -0.05) is 32.4 Å². The van der Waals surface area contributed by atoms with E-state index in [9.17, 15) is 4.79 Å². The summed E-state index contributed by atoms with van der Waals surface area (Å²) in [6.07, 6.45) is 0. The summed E-state index contributed by atoms with van der Waals surface area (Å²) >= 11 is 6.12. The quantitative estimate of drug-likeness (QED) is 0.800. The van der Waals surface area contributed by atoms with E-state index in [1.165, 1.54) is 0 Å². The summed E-state index contributed by atoms with van der Waals surface area (Å²) in [6.45, 7) is 14.1. The lowest BCUT2D eigenvalue weighted by Crippen LogP contribution is -2.38.